The van der Waals surface area contributed by atoms with Gasteiger partial charge in [-0.2, -0.15) is 0 Å². The van der Waals surface area contributed by atoms with Crippen molar-refractivity contribution in [2.24, 2.45) is 0 Å². The number of hydrogen-bond donors (Lipinski definition) is 1. The first-order chi connectivity index (χ1) is 14.0. The average Bonchev–Trinajstić information content (AvgIpc) is 2.73. The predicted molar refractivity (Wildman–Crippen MR) is 118 cm³/mol. The molecule has 2 aromatic carbocycles. The fourth-order valence-corrected chi connectivity index (χ4v) is 3.67. The molecule has 1 aliphatic heterocycles. The van der Waals surface area contributed by atoms with Gasteiger partial charge in [-0.1, -0.05) is 72.8 Å². The molecule has 3 nitrogen and oxygen atoms in total. The van der Waals surface area contributed by atoms with Crippen LogP contribution in [0.5, 0.6) is 0 Å². The monoisotopic (exact) mass is 385 g/mol. The highest BCUT2D eigenvalue weighted by molar-refractivity contribution is 5.99. The molecule has 0 fully saturated rings. The number of carbonyl (C=O) groups excluding carboxylic acids is 2. The number of rotatable bonds is 3. The lowest BCUT2D eigenvalue weighted by Gasteiger charge is -2.30. The molecule has 0 amide bonds. The Morgan fingerprint density at radius 1 is 1.00 bits per heavy atom. The van der Waals surface area contributed by atoms with Gasteiger partial charge in [-0.25, -0.2) is 0 Å². The van der Waals surface area contributed by atoms with Gasteiger partial charge in [0.25, 0.3) is 0 Å². The zero-order chi connectivity index (χ0) is 20.6. The van der Waals surface area contributed by atoms with Gasteiger partial charge in [-0.3, -0.25) is 9.59 Å². The Bertz CT molecular complexity index is 953. The van der Waals surface area contributed by atoms with Crippen LogP contribution in [0.25, 0.3) is 6.08 Å². The van der Waals surface area contributed by atoms with Gasteiger partial charge in [-0.15, -0.1) is 0 Å². The lowest BCUT2D eigenvalue weighted by atomic mass is 9.80. The third kappa shape index (κ3) is 5.64. The number of benzene rings is 2. The SMILES string of the molecule is CC(=O)/C=C/c1ccccc1.CC1=CC(c2ccccc2)C2=C(CCCC2=O)N1. The second-order valence-corrected chi connectivity index (χ2v) is 7.39. The Labute approximate surface area is 172 Å². The van der Waals surface area contributed by atoms with Crippen molar-refractivity contribution in [2.45, 2.75) is 39.0 Å². The number of allylic oxidation sites excluding steroid dienone is 5. The van der Waals surface area contributed by atoms with Crippen molar-refractivity contribution < 1.29 is 9.59 Å². The summed E-state index contributed by atoms with van der Waals surface area (Å²) in [5, 5.41) is 3.37. The van der Waals surface area contributed by atoms with E-state index in [1.54, 1.807) is 13.0 Å². The van der Waals surface area contributed by atoms with E-state index in [2.05, 4.69) is 30.4 Å². The van der Waals surface area contributed by atoms with Crippen LogP contribution in [0.3, 0.4) is 0 Å². The Morgan fingerprint density at radius 3 is 2.31 bits per heavy atom. The zero-order valence-corrected chi connectivity index (χ0v) is 17.0. The van der Waals surface area contributed by atoms with Gasteiger partial charge in [0.05, 0.1) is 0 Å². The largest absolute Gasteiger partial charge is 0.362 e. The fourth-order valence-electron chi connectivity index (χ4n) is 3.67. The molecule has 3 heteroatoms. The molecule has 0 bridgehead atoms. The van der Waals surface area contributed by atoms with Crippen LogP contribution in [-0.4, -0.2) is 11.6 Å². The standard InChI is InChI=1S/C16H17NO.C10H10O/c1-11-10-13(12-6-3-2-4-7-12)16-14(17-11)8-5-9-15(16)18;1-9(11)7-8-10-5-3-2-4-6-10/h2-4,6-7,10,13,17H,5,8-9H2,1H3;2-8H,1H3/b;8-7+. The zero-order valence-electron chi connectivity index (χ0n) is 17.0. The molecule has 2 aromatic rings. The smallest absolute Gasteiger partial charge is 0.161 e. The topological polar surface area (TPSA) is 46.2 Å². The second-order valence-electron chi connectivity index (χ2n) is 7.39. The Morgan fingerprint density at radius 2 is 1.66 bits per heavy atom. The van der Waals surface area contributed by atoms with Gasteiger partial charge in [0.2, 0.25) is 0 Å². The number of Topliss-reactive ketones (excluding diaryl/α,β-unsaturated/α-hetero) is 1. The highest BCUT2D eigenvalue weighted by atomic mass is 16.1. The van der Waals surface area contributed by atoms with Crippen molar-refractivity contribution in [3.05, 3.63) is 101 Å². The van der Waals surface area contributed by atoms with Crippen LogP contribution in [0.2, 0.25) is 0 Å². The van der Waals surface area contributed by atoms with Crippen LogP contribution < -0.4 is 5.32 Å². The molecule has 1 unspecified atom stereocenters. The summed E-state index contributed by atoms with van der Waals surface area (Å²) in [6.45, 7) is 3.61. The fraction of sp³-hybridized carbons (Fsp3) is 0.231. The summed E-state index contributed by atoms with van der Waals surface area (Å²) in [6.07, 6.45) is 8.20. The van der Waals surface area contributed by atoms with E-state index in [0.29, 0.717) is 12.2 Å². The summed E-state index contributed by atoms with van der Waals surface area (Å²) in [7, 11) is 0. The third-order valence-corrected chi connectivity index (χ3v) is 5.00. The minimum Gasteiger partial charge on any atom is -0.362 e. The summed E-state index contributed by atoms with van der Waals surface area (Å²) >= 11 is 0. The van der Waals surface area contributed by atoms with E-state index in [1.165, 1.54) is 5.56 Å². The van der Waals surface area contributed by atoms with Crippen LogP contribution in [-0.2, 0) is 9.59 Å². The van der Waals surface area contributed by atoms with Crippen molar-refractivity contribution >= 4 is 17.6 Å². The van der Waals surface area contributed by atoms with E-state index in [4.69, 9.17) is 0 Å². The van der Waals surface area contributed by atoms with E-state index in [9.17, 15) is 9.59 Å². The summed E-state index contributed by atoms with van der Waals surface area (Å²) in [6, 6.07) is 20.0. The average molecular weight is 386 g/mol. The summed E-state index contributed by atoms with van der Waals surface area (Å²) < 4.78 is 0. The summed E-state index contributed by atoms with van der Waals surface area (Å²) in [4.78, 5) is 22.7. The van der Waals surface area contributed by atoms with Crippen molar-refractivity contribution in [1.82, 2.24) is 5.32 Å². The van der Waals surface area contributed by atoms with Crippen LogP contribution in [0.1, 0.15) is 50.2 Å². The summed E-state index contributed by atoms with van der Waals surface area (Å²) in [5.41, 5.74) is 5.54. The third-order valence-electron chi connectivity index (χ3n) is 5.00. The minimum absolute atomic E-state index is 0.0776. The van der Waals surface area contributed by atoms with Crippen LogP contribution in [0.4, 0.5) is 0 Å². The second kappa shape index (κ2) is 9.83. The van der Waals surface area contributed by atoms with Gasteiger partial charge in [-0.05, 0) is 43.9 Å². The quantitative estimate of drug-likeness (QED) is 0.702. The van der Waals surface area contributed by atoms with E-state index in [-0.39, 0.29) is 11.7 Å². The number of dihydropyridines is 1. The van der Waals surface area contributed by atoms with Crippen molar-refractivity contribution in [2.75, 3.05) is 0 Å². The van der Waals surface area contributed by atoms with E-state index in [1.807, 2.05) is 54.6 Å². The van der Waals surface area contributed by atoms with Crippen molar-refractivity contribution in [3.8, 4) is 0 Å². The highest BCUT2D eigenvalue weighted by Crippen LogP contribution is 2.37. The first-order valence-corrected chi connectivity index (χ1v) is 10.0. The maximum atomic E-state index is 12.2. The molecule has 1 heterocycles. The van der Waals surface area contributed by atoms with Crippen molar-refractivity contribution in [1.29, 1.82) is 0 Å². The van der Waals surface area contributed by atoms with E-state index >= 15 is 0 Å². The molecule has 0 radical (unpaired) electrons. The lowest BCUT2D eigenvalue weighted by molar-refractivity contribution is -0.116. The molecule has 1 aliphatic carbocycles. The van der Waals surface area contributed by atoms with Gasteiger partial charge in [0.15, 0.2) is 11.6 Å². The van der Waals surface area contributed by atoms with Crippen LogP contribution >= 0.6 is 0 Å². The first-order valence-electron chi connectivity index (χ1n) is 10.0. The molecule has 0 spiro atoms. The molecule has 29 heavy (non-hydrogen) atoms. The number of nitrogens with one attached hydrogen (secondary N) is 1. The number of hydrogen-bond acceptors (Lipinski definition) is 3. The molecular weight excluding hydrogens is 358 g/mol. The van der Waals surface area contributed by atoms with Crippen molar-refractivity contribution in [3.63, 3.8) is 0 Å². The van der Waals surface area contributed by atoms with Gasteiger partial charge in [0, 0.05) is 29.3 Å². The molecule has 0 saturated carbocycles. The molecular formula is C26H27NO2. The van der Waals surface area contributed by atoms with Crippen LogP contribution in [0.15, 0.2) is 89.8 Å². The van der Waals surface area contributed by atoms with Gasteiger partial charge in [0.1, 0.15) is 0 Å². The van der Waals surface area contributed by atoms with Gasteiger partial charge >= 0.3 is 0 Å². The molecule has 1 N–H and O–H groups in total. The number of ketones is 2. The maximum absolute atomic E-state index is 12.2. The first kappa shape index (κ1) is 20.5. The van der Waals surface area contributed by atoms with Gasteiger partial charge < -0.3 is 5.32 Å². The molecule has 1 atom stereocenters. The predicted octanol–water partition coefficient (Wildman–Crippen LogP) is 5.57. The van der Waals surface area contributed by atoms with E-state index < -0.39 is 0 Å². The Hall–Kier alpha value is -3.20. The minimum atomic E-state index is 0.0776. The normalized spacial score (nSPS) is 18.3. The van der Waals surface area contributed by atoms with Crippen LogP contribution in [0, 0.1) is 0 Å². The molecule has 0 saturated heterocycles. The number of carbonyl (C=O) groups is 2. The molecule has 4 rings (SSSR count). The Kier molecular flexibility index (Phi) is 6.96. The molecule has 148 valence electrons. The highest BCUT2D eigenvalue weighted by Gasteiger charge is 2.30. The lowest BCUT2D eigenvalue weighted by Crippen LogP contribution is -2.28. The molecule has 2 aliphatic rings. The summed E-state index contributed by atoms with van der Waals surface area (Å²) in [5.74, 6) is 0.519. The maximum Gasteiger partial charge on any atom is 0.161 e. The Balaban J connectivity index is 0.000000188. The van der Waals surface area contributed by atoms with E-state index in [0.717, 1.165) is 35.4 Å². The molecule has 0 aromatic heterocycles.